The number of rotatable bonds is 9. The molecule has 1 heterocycles. The van der Waals surface area contributed by atoms with E-state index in [2.05, 4.69) is 17.1 Å². The molecule has 2 rings (SSSR count). The Bertz CT molecular complexity index is 630. The van der Waals surface area contributed by atoms with Crippen LogP contribution in [0.15, 0.2) is 36.5 Å². The van der Waals surface area contributed by atoms with Crippen LogP contribution >= 0.6 is 11.3 Å². The molecule has 130 valence electrons. The summed E-state index contributed by atoms with van der Waals surface area (Å²) in [6.07, 6.45) is 2.37. The Morgan fingerprint density at radius 1 is 1.33 bits per heavy atom. The first-order valence-corrected chi connectivity index (χ1v) is 9.08. The molecule has 0 saturated carbocycles. The molecule has 1 aromatic heterocycles. The van der Waals surface area contributed by atoms with E-state index < -0.39 is 0 Å². The molecule has 1 amide bonds. The van der Waals surface area contributed by atoms with E-state index in [4.69, 9.17) is 10.5 Å². The number of benzene rings is 1. The number of amides is 1. The van der Waals surface area contributed by atoms with Crippen LogP contribution in [0.3, 0.4) is 0 Å². The highest BCUT2D eigenvalue weighted by molar-refractivity contribution is 7.13. The van der Waals surface area contributed by atoms with Crippen molar-refractivity contribution in [2.24, 2.45) is 5.73 Å². The van der Waals surface area contributed by atoms with Crippen molar-refractivity contribution in [1.29, 1.82) is 0 Å². The van der Waals surface area contributed by atoms with Gasteiger partial charge in [0, 0.05) is 26.2 Å². The number of nitrogens with zero attached hydrogens (tertiary/aromatic N) is 2. The molecule has 0 spiro atoms. The predicted octanol–water partition coefficient (Wildman–Crippen LogP) is 2.88. The number of aromatic nitrogens is 1. The molecule has 0 aliphatic heterocycles. The van der Waals surface area contributed by atoms with E-state index in [1.807, 2.05) is 32.0 Å². The minimum Gasteiger partial charge on any atom is -0.372 e. The van der Waals surface area contributed by atoms with Crippen LogP contribution in [0.2, 0.25) is 0 Å². The lowest BCUT2D eigenvalue weighted by molar-refractivity contribution is 0.0761. The second-order valence-corrected chi connectivity index (χ2v) is 6.54. The predicted molar refractivity (Wildman–Crippen MR) is 97.3 cm³/mol. The van der Waals surface area contributed by atoms with Crippen molar-refractivity contribution >= 4 is 17.2 Å². The molecule has 6 heteroatoms. The zero-order valence-corrected chi connectivity index (χ0v) is 15.1. The lowest BCUT2D eigenvalue weighted by Gasteiger charge is -2.21. The quantitative estimate of drug-likeness (QED) is 0.757. The number of hydrogen-bond acceptors (Lipinski definition) is 5. The van der Waals surface area contributed by atoms with Crippen molar-refractivity contribution in [3.63, 3.8) is 0 Å². The minimum atomic E-state index is -0.0890. The van der Waals surface area contributed by atoms with Crippen molar-refractivity contribution in [1.82, 2.24) is 9.88 Å². The van der Waals surface area contributed by atoms with E-state index in [0.29, 0.717) is 31.1 Å². The third-order valence-electron chi connectivity index (χ3n) is 3.70. The summed E-state index contributed by atoms with van der Waals surface area (Å²) in [4.78, 5) is 19.5. The van der Waals surface area contributed by atoms with Crippen molar-refractivity contribution in [2.75, 3.05) is 26.2 Å². The maximum Gasteiger partial charge on any atom is 0.265 e. The van der Waals surface area contributed by atoms with Crippen LogP contribution in [0.5, 0.6) is 0 Å². The standard InChI is InChI=1S/C18H25N3O2S/c1-3-23-14(2)17-20-13-16(24-17)18(22)21(12-10-19)11-9-15-7-5-4-6-8-15/h4-8,13-14H,3,9-12,19H2,1-2H3. The third-order valence-corrected chi connectivity index (χ3v) is 4.84. The molecule has 2 aromatic rings. The van der Waals surface area contributed by atoms with Crippen LogP contribution in [0.4, 0.5) is 0 Å². The Morgan fingerprint density at radius 3 is 2.75 bits per heavy atom. The molecule has 5 nitrogen and oxygen atoms in total. The van der Waals surface area contributed by atoms with Crippen molar-refractivity contribution < 1.29 is 9.53 Å². The topological polar surface area (TPSA) is 68.5 Å². The molecule has 1 aromatic carbocycles. The molecule has 0 aliphatic carbocycles. The van der Waals surface area contributed by atoms with E-state index in [1.54, 1.807) is 11.1 Å². The van der Waals surface area contributed by atoms with Crippen LogP contribution in [-0.2, 0) is 11.2 Å². The average molecular weight is 347 g/mol. The molecule has 2 N–H and O–H groups in total. The Labute approximate surface area is 147 Å². The highest BCUT2D eigenvalue weighted by Crippen LogP contribution is 2.23. The summed E-state index contributed by atoms with van der Waals surface area (Å²) in [5.41, 5.74) is 6.89. The van der Waals surface area contributed by atoms with E-state index in [-0.39, 0.29) is 12.0 Å². The SMILES string of the molecule is CCOC(C)c1ncc(C(=O)N(CCN)CCc2ccccc2)s1. The Balaban J connectivity index is 2.02. The largest absolute Gasteiger partial charge is 0.372 e. The zero-order chi connectivity index (χ0) is 17.4. The van der Waals surface area contributed by atoms with Crippen molar-refractivity contribution in [3.05, 3.63) is 52.0 Å². The van der Waals surface area contributed by atoms with Crippen LogP contribution in [-0.4, -0.2) is 42.0 Å². The van der Waals surface area contributed by atoms with Gasteiger partial charge in [0.25, 0.3) is 5.91 Å². The molecule has 0 aliphatic rings. The third kappa shape index (κ3) is 5.12. The zero-order valence-electron chi connectivity index (χ0n) is 14.3. The highest BCUT2D eigenvalue weighted by atomic mass is 32.1. The second kappa shape index (κ2) is 9.52. The fraction of sp³-hybridized carbons (Fsp3) is 0.444. The van der Waals surface area contributed by atoms with Gasteiger partial charge in [-0.05, 0) is 25.8 Å². The monoisotopic (exact) mass is 347 g/mol. The van der Waals surface area contributed by atoms with Gasteiger partial charge in [-0.2, -0.15) is 0 Å². The van der Waals surface area contributed by atoms with Gasteiger partial charge < -0.3 is 15.4 Å². The first-order chi connectivity index (χ1) is 11.7. The van der Waals surface area contributed by atoms with Gasteiger partial charge in [0.15, 0.2) is 0 Å². The minimum absolute atomic E-state index is 0.0103. The van der Waals surface area contributed by atoms with Gasteiger partial charge >= 0.3 is 0 Å². The van der Waals surface area contributed by atoms with Crippen LogP contribution in [0, 0.1) is 0 Å². The Hall–Kier alpha value is -1.76. The molecule has 0 fully saturated rings. The molecule has 0 saturated heterocycles. The smallest absolute Gasteiger partial charge is 0.265 e. The number of hydrogen-bond donors (Lipinski definition) is 1. The van der Waals surface area contributed by atoms with Gasteiger partial charge in [-0.3, -0.25) is 4.79 Å². The maximum atomic E-state index is 12.7. The second-order valence-electron chi connectivity index (χ2n) is 5.48. The van der Waals surface area contributed by atoms with Gasteiger partial charge in [-0.15, -0.1) is 11.3 Å². The summed E-state index contributed by atoms with van der Waals surface area (Å²) >= 11 is 1.40. The summed E-state index contributed by atoms with van der Waals surface area (Å²) in [7, 11) is 0. The van der Waals surface area contributed by atoms with Gasteiger partial charge in [0.1, 0.15) is 16.0 Å². The Kier molecular flexibility index (Phi) is 7.36. The van der Waals surface area contributed by atoms with E-state index in [1.165, 1.54) is 16.9 Å². The summed E-state index contributed by atoms with van der Waals surface area (Å²) in [5, 5.41) is 0.830. The number of carbonyl (C=O) groups excluding carboxylic acids is 1. The molecule has 1 unspecified atom stereocenters. The van der Waals surface area contributed by atoms with Gasteiger partial charge in [0.2, 0.25) is 0 Å². The molecule has 0 radical (unpaired) electrons. The fourth-order valence-electron chi connectivity index (χ4n) is 2.43. The lowest BCUT2D eigenvalue weighted by atomic mass is 10.1. The number of nitrogens with two attached hydrogens (primary N) is 1. The van der Waals surface area contributed by atoms with Crippen molar-refractivity contribution in [3.8, 4) is 0 Å². The molecule has 24 heavy (non-hydrogen) atoms. The van der Waals surface area contributed by atoms with E-state index >= 15 is 0 Å². The lowest BCUT2D eigenvalue weighted by Crippen LogP contribution is -2.36. The van der Waals surface area contributed by atoms with E-state index in [9.17, 15) is 4.79 Å². The fourth-order valence-corrected chi connectivity index (χ4v) is 3.32. The van der Waals surface area contributed by atoms with Gasteiger partial charge in [-0.1, -0.05) is 30.3 Å². The number of ether oxygens (including phenoxy) is 1. The first kappa shape index (κ1) is 18.6. The highest BCUT2D eigenvalue weighted by Gasteiger charge is 2.19. The van der Waals surface area contributed by atoms with Crippen LogP contribution in [0.25, 0.3) is 0 Å². The maximum absolute atomic E-state index is 12.7. The van der Waals surface area contributed by atoms with Crippen molar-refractivity contribution in [2.45, 2.75) is 26.4 Å². The summed E-state index contributed by atoms with van der Waals surface area (Å²) in [6, 6.07) is 10.1. The molecular weight excluding hydrogens is 322 g/mol. The van der Waals surface area contributed by atoms with Crippen LogP contribution < -0.4 is 5.73 Å². The average Bonchev–Trinajstić information content (AvgIpc) is 3.09. The number of thiazole rings is 1. The summed E-state index contributed by atoms with van der Waals surface area (Å²) in [6.45, 7) is 6.16. The van der Waals surface area contributed by atoms with Gasteiger partial charge in [-0.25, -0.2) is 4.98 Å². The molecule has 0 bridgehead atoms. The normalized spacial score (nSPS) is 12.1. The van der Waals surface area contributed by atoms with Gasteiger partial charge in [0.05, 0.1) is 6.20 Å². The summed E-state index contributed by atoms with van der Waals surface area (Å²) < 4.78 is 5.54. The molecule has 1 atom stereocenters. The Morgan fingerprint density at radius 2 is 2.08 bits per heavy atom. The first-order valence-electron chi connectivity index (χ1n) is 8.26. The van der Waals surface area contributed by atoms with E-state index in [0.717, 1.165) is 11.4 Å². The van der Waals surface area contributed by atoms with Crippen LogP contribution in [0.1, 0.15) is 40.2 Å². The molecular formula is C18H25N3O2S. The number of carbonyl (C=O) groups is 1. The summed E-state index contributed by atoms with van der Waals surface area (Å²) in [5.74, 6) is -0.0103.